The molecule has 1 aromatic heterocycles. The topological polar surface area (TPSA) is 12.9 Å². The van der Waals surface area contributed by atoms with Crippen molar-refractivity contribution in [3.8, 4) is 0 Å². The summed E-state index contributed by atoms with van der Waals surface area (Å²) in [6, 6.07) is 0. The minimum Gasteiger partial charge on any atom is -0.257 e. The molecule has 0 radical (unpaired) electrons. The summed E-state index contributed by atoms with van der Waals surface area (Å²) >= 11 is 0. The number of rotatable bonds is 3. The second kappa shape index (κ2) is 5.14. The Morgan fingerprint density at radius 3 is 2.42 bits per heavy atom. The highest BCUT2D eigenvalue weighted by Crippen LogP contribution is 2.35. The van der Waals surface area contributed by atoms with Gasteiger partial charge in [0, 0.05) is 5.69 Å². The highest BCUT2D eigenvalue weighted by Gasteiger charge is 2.32. The van der Waals surface area contributed by atoms with Crippen LogP contribution in [-0.2, 0) is 25.7 Å². The Labute approximate surface area is 112 Å². The molecule has 4 heteroatoms. The number of aryl methyl sites for hydroxylation is 1. The minimum absolute atomic E-state index is 0.249. The quantitative estimate of drug-likeness (QED) is 0.796. The summed E-state index contributed by atoms with van der Waals surface area (Å²) in [5.41, 5.74) is 4.33. The molecule has 0 amide bonds. The lowest BCUT2D eigenvalue weighted by atomic mass is 9.88. The smallest absolute Gasteiger partial charge is 0.257 e. The average Bonchev–Trinajstić information content (AvgIpc) is 2.71. The molecule has 0 spiro atoms. The van der Waals surface area contributed by atoms with Crippen LogP contribution in [0.1, 0.15) is 61.2 Å². The predicted octanol–water partition coefficient (Wildman–Crippen LogP) is 4.36. The zero-order valence-electron chi connectivity index (χ0n) is 11.7. The second-order valence-corrected chi connectivity index (χ2v) is 5.53. The second-order valence-electron chi connectivity index (χ2n) is 5.53. The molecular formula is C15H20F3N. The first-order chi connectivity index (χ1) is 8.83. The lowest BCUT2D eigenvalue weighted by molar-refractivity contribution is -0.128. The van der Waals surface area contributed by atoms with Crippen LogP contribution in [0.2, 0.25) is 0 Å². The summed E-state index contributed by atoms with van der Waals surface area (Å²) in [5.74, 6) is 0.261. The molecule has 1 aromatic rings. The van der Waals surface area contributed by atoms with Gasteiger partial charge in [0.1, 0.15) is 0 Å². The number of nitrogens with zero attached hydrogens (tertiary/aromatic N) is 1. The number of aromatic nitrogens is 1. The van der Waals surface area contributed by atoms with E-state index in [0.717, 1.165) is 36.1 Å². The van der Waals surface area contributed by atoms with Crippen molar-refractivity contribution in [3.05, 3.63) is 28.1 Å². The van der Waals surface area contributed by atoms with Crippen molar-refractivity contribution in [1.82, 2.24) is 4.98 Å². The molecule has 0 fully saturated rings. The van der Waals surface area contributed by atoms with Crippen molar-refractivity contribution < 1.29 is 13.2 Å². The van der Waals surface area contributed by atoms with Crippen molar-refractivity contribution in [3.63, 3.8) is 0 Å². The summed E-state index contributed by atoms with van der Waals surface area (Å²) < 4.78 is 38.1. The Morgan fingerprint density at radius 2 is 1.89 bits per heavy atom. The van der Waals surface area contributed by atoms with Gasteiger partial charge in [0.15, 0.2) is 0 Å². The third-order valence-electron chi connectivity index (χ3n) is 3.76. The van der Waals surface area contributed by atoms with E-state index < -0.39 is 12.6 Å². The van der Waals surface area contributed by atoms with E-state index in [9.17, 15) is 13.2 Å². The van der Waals surface area contributed by atoms with Crippen molar-refractivity contribution >= 4 is 0 Å². The third-order valence-corrected chi connectivity index (χ3v) is 3.76. The lowest BCUT2D eigenvalue weighted by Gasteiger charge is -2.21. The van der Waals surface area contributed by atoms with Crippen molar-refractivity contribution in [1.29, 1.82) is 0 Å². The van der Waals surface area contributed by atoms with E-state index in [2.05, 4.69) is 18.8 Å². The van der Waals surface area contributed by atoms with E-state index in [1.165, 1.54) is 5.56 Å². The Kier molecular flexibility index (Phi) is 3.88. The van der Waals surface area contributed by atoms with Crippen LogP contribution in [0.5, 0.6) is 0 Å². The summed E-state index contributed by atoms with van der Waals surface area (Å²) in [5, 5.41) is 0. The Hall–Kier alpha value is -1.06. The Bertz CT molecular complexity index is 475. The normalized spacial score (nSPS) is 15.1. The fraction of sp³-hybridized carbons (Fsp3) is 0.667. The molecule has 1 heterocycles. The first-order valence-corrected chi connectivity index (χ1v) is 6.93. The van der Waals surface area contributed by atoms with Gasteiger partial charge in [0.25, 0.3) is 0 Å². The van der Waals surface area contributed by atoms with E-state index in [0.29, 0.717) is 6.42 Å². The number of hydrogen-bond acceptors (Lipinski definition) is 1. The molecule has 0 N–H and O–H groups in total. The van der Waals surface area contributed by atoms with Crippen LogP contribution in [-0.4, -0.2) is 11.2 Å². The molecule has 1 aliphatic rings. The standard InChI is InChI=1S/C15H20F3N/c1-4-10-13(8-15(16,17)18)19-12-7-5-6-11(12)14(10)9(2)3/h9H,4-8H2,1-3H3. The third kappa shape index (κ3) is 2.93. The van der Waals surface area contributed by atoms with Gasteiger partial charge >= 0.3 is 6.18 Å². The van der Waals surface area contributed by atoms with Gasteiger partial charge in [0.05, 0.1) is 12.1 Å². The zero-order chi connectivity index (χ0) is 14.2. The Morgan fingerprint density at radius 1 is 1.21 bits per heavy atom. The fourth-order valence-electron chi connectivity index (χ4n) is 3.14. The van der Waals surface area contributed by atoms with Gasteiger partial charge < -0.3 is 0 Å². The van der Waals surface area contributed by atoms with Gasteiger partial charge in [-0.2, -0.15) is 13.2 Å². The van der Waals surface area contributed by atoms with Crippen LogP contribution in [0.3, 0.4) is 0 Å². The summed E-state index contributed by atoms with van der Waals surface area (Å²) in [4.78, 5) is 4.33. The zero-order valence-corrected chi connectivity index (χ0v) is 11.7. The molecule has 0 saturated heterocycles. The number of hydrogen-bond donors (Lipinski definition) is 0. The van der Waals surface area contributed by atoms with Gasteiger partial charge in [0.2, 0.25) is 0 Å². The average molecular weight is 271 g/mol. The first-order valence-electron chi connectivity index (χ1n) is 6.93. The van der Waals surface area contributed by atoms with E-state index in [1.54, 1.807) is 0 Å². The molecule has 0 aliphatic heterocycles. The summed E-state index contributed by atoms with van der Waals surface area (Å²) in [6.45, 7) is 6.04. The molecule has 0 aromatic carbocycles. The van der Waals surface area contributed by atoms with Gasteiger partial charge in [-0.1, -0.05) is 20.8 Å². The number of pyridine rings is 1. The molecule has 106 valence electrons. The van der Waals surface area contributed by atoms with Gasteiger partial charge in [-0.05, 0) is 48.3 Å². The first kappa shape index (κ1) is 14.4. The predicted molar refractivity (Wildman–Crippen MR) is 69.5 cm³/mol. The molecular weight excluding hydrogens is 251 g/mol. The number of fused-ring (bicyclic) bond motifs is 1. The van der Waals surface area contributed by atoms with Crippen LogP contribution in [0, 0.1) is 0 Å². The highest BCUT2D eigenvalue weighted by atomic mass is 19.4. The molecule has 0 bridgehead atoms. The molecule has 0 unspecified atom stereocenters. The van der Waals surface area contributed by atoms with Crippen LogP contribution >= 0.6 is 0 Å². The van der Waals surface area contributed by atoms with Crippen LogP contribution < -0.4 is 0 Å². The molecule has 19 heavy (non-hydrogen) atoms. The molecule has 2 rings (SSSR count). The summed E-state index contributed by atoms with van der Waals surface area (Å²) in [7, 11) is 0. The molecule has 0 atom stereocenters. The SMILES string of the molecule is CCc1c(CC(F)(F)F)nc2c(c1C(C)C)CCC2. The fourth-order valence-corrected chi connectivity index (χ4v) is 3.14. The van der Waals surface area contributed by atoms with Gasteiger partial charge in [-0.25, -0.2) is 0 Å². The van der Waals surface area contributed by atoms with E-state index >= 15 is 0 Å². The maximum absolute atomic E-state index is 12.7. The summed E-state index contributed by atoms with van der Waals surface area (Å²) in [6.07, 6.45) is -1.65. The minimum atomic E-state index is -4.18. The largest absolute Gasteiger partial charge is 0.394 e. The van der Waals surface area contributed by atoms with Crippen LogP contribution in [0.25, 0.3) is 0 Å². The monoisotopic (exact) mass is 271 g/mol. The Balaban J connectivity index is 2.58. The highest BCUT2D eigenvalue weighted by molar-refractivity contribution is 5.45. The van der Waals surface area contributed by atoms with E-state index in [4.69, 9.17) is 0 Å². The maximum atomic E-state index is 12.7. The van der Waals surface area contributed by atoms with E-state index in [-0.39, 0.29) is 11.6 Å². The number of alkyl halides is 3. The molecule has 1 aliphatic carbocycles. The van der Waals surface area contributed by atoms with E-state index in [1.807, 2.05) is 6.92 Å². The van der Waals surface area contributed by atoms with Gasteiger partial charge in [-0.15, -0.1) is 0 Å². The van der Waals surface area contributed by atoms with Crippen molar-refractivity contribution in [2.45, 2.75) is 65.0 Å². The van der Waals surface area contributed by atoms with Crippen molar-refractivity contribution in [2.75, 3.05) is 0 Å². The van der Waals surface area contributed by atoms with Crippen LogP contribution in [0.15, 0.2) is 0 Å². The lowest BCUT2D eigenvalue weighted by Crippen LogP contribution is -2.18. The van der Waals surface area contributed by atoms with Crippen LogP contribution in [0.4, 0.5) is 13.2 Å². The van der Waals surface area contributed by atoms with Gasteiger partial charge in [-0.3, -0.25) is 4.98 Å². The molecule has 1 nitrogen and oxygen atoms in total. The molecule has 0 saturated carbocycles. The maximum Gasteiger partial charge on any atom is 0.394 e. The number of halogens is 3. The van der Waals surface area contributed by atoms with Crippen molar-refractivity contribution in [2.24, 2.45) is 0 Å².